The van der Waals surface area contributed by atoms with E-state index in [1.165, 1.54) is 0 Å². The van der Waals surface area contributed by atoms with Crippen LogP contribution in [-0.2, 0) is 11.3 Å². The molecule has 1 aromatic carbocycles. The van der Waals surface area contributed by atoms with E-state index in [4.69, 9.17) is 11.0 Å². The molecule has 1 aliphatic heterocycles. The maximum absolute atomic E-state index is 12.4. The summed E-state index contributed by atoms with van der Waals surface area (Å²) in [4.78, 5) is 16.1. The highest BCUT2D eigenvalue weighted by Crippen LogP contribution is 2.10. The maximum atomic E-state index is 12.4. The van der Waals surface area contributed by atoms with Gasteiger partial charge in [0.1, 0.15) is 6.54 Å². The standard InChI is InChI=1S/C16H22N4O/c17-8-11-20(12-14-4-2-1-3-5-14)16(21)13-19-9-6-15(18)7-10-19/h1-5,15H,6-7,9-13,18H2. The second kappa shape index (κ2) is 7.77. The molecule has 2 N–H and O–H groups in total. The van der Waals surface area contributed by atoms with E-state index in [2.05, 4.69) is 11.0 Å². The van der Waals surface area contributed by atoms with Gasteiger partial charge in [0.15, 0.2) is 0 Å². The quantitative estimate of drug-likeness (QED) is 0.818. The lowest BCUT2D eigenvalue weighted by Crippen LogP contribution is -2.45. The van der Waals surface area contributed by atoms with E-state index in [0.29, 0.717) is 13.1 Å². The molecule has 1 aromatic rings. The van der Waals surface area contributed by atoms with Crippen LogP contribution in [0.5, 0.6) is 0 Å². The van der Waals surface area contributed by atoms with Gasteiger partial charge in [-0.3, -0.25) is 9.69 Å². The zero-order chi connectivity index (χ0) is 15.1. The summed E-state index contributed by atoms with van der Waals surface area (Å²) in [5.41, 5.74) is 6.92. The summed E-state index contributed by atoms with van der Waals surface area (Å²) in [6, 6.07) is 12.1. The van der Waals surface area contributed by atoms with Gasteiger partial charge in [-0.2, -0.15) is 5.26 Å². The van der Waals surface area contributed by atoms with Crippen molar-refractivity contribution < 1.29 is 4.79 Å². The fourth-order valence-electron chi connectivity index (χ4n) is 2.52. The molecule has 112 valence electrons. The van der Waals surface area contributed by atoms with Crippen molar-refractivity contribution in [2.75, 3.05) is 26.2 Å². The Balaban J connectivity index is 1.91. The third-order valence-corrected chi connectivity index (χ3v) is 3.82. The summed E-state index contributed by atoms with van der Waals surface area (Å²) < 4.78 is 0. The van der Waals surface area contributed by atoms with Crippen LogP contribution in [0.1, 0.15) is 18.4 Å². The molecular weight excluding hydrogens is 264 g/mol. The van der Waals surface area contributed by atoms with Gasteiger partial charge in [-0.25, -0.2) is 0 Å². The van der Waals surface area contributed by atoms with Crippen LogP contribution < -0.4 is 5.73 Å². The Labute approximate surface area is 125 Å². The topological polar surface area (TPSA) is 73.4 Å². The summed E-state index contributed by atoms with van der Waals surface area (Å²) >= 11 is 0. The lowest BCUT2D eigenvalue weighted by atomic mass is 10.1. The maximum Gasteiger partial charge on any atom is 0.237 e. The zero-order valence-electron chi connectivity index (χ0n) is 12.2. The van der Waals surface area contributed by atoms with E-state index in [-0.39, 0.29) is 18.5 Å². The summed E-state index contributed by atoms with van der Waals surface area (Å²) in [6.45, 7) is 2.71. The minimum absolute atomic E-state index is 0.0101. The summed E-state index contributed by atoms with van der Waals surface area (Å²) in [7, 11) is 0. The number of nitrogens with zero attached hydrogens (tertiary/aromatic N) is 3. The van der Waals surface area contributed by atoms with Crippen LogP contribution in [0.4, 0.5) is 0 Å². The van der Waals surface area contributed by atoms with Crippen molar-refractivity contribution in [3.8, 4) is 6.07 Å². The molecular formula is C16H22N4O. The fourth-order valence-corrected chi connectivity index (χ4v) is 2.52. The van der Waals surface area contributed by atoms with Crippen molar-refractivity contribution in [3.63, 3.8) is 0 Å². The number of rotatable bonds is 5. The van der Waals surface area contributed by atoms with Gasteiger partial charge in [0.2, 0.25) is 5.91 Å². The Morgan fingerprint density at radius 1 is 1.33 bits per heavy atom. The van der Waals surface area contributed by atoms with E-state index in [1.54, 1.807) is 4.90 Å². The highest BCUT2D eigenvalue weighted by atomic mass is 16.2. The van der Waals surface area contributed by atoms with Crippen LogP contribution in [-0.4, -0.2) is 47.9 Å². The number of nitrogens with two attached hydrogens (primary N) is 1. The van der Waals surface area contributed by atoms with Crippen LogP contribution in [0.15, 0.2) is 30.3 Å². The molecule has 1 saturated heterocycles. The van der Waals surface area contributed by atoms with Gasteiger partial charge in [-0.1, -0.05) is 30.3 Å². The molecule has 21 heavy (non-hydrogen) atoms. The molecule has 5 nitrogen and oxygen atoms in total. The smallest absolute Gasteiger partial charge is 0.237 e. The number of benzene rings is 1. The Bertz CT molecular complexity index is 489. The van der Waals surface area contributed by atoms with Crippen LogP contribution >= 0.6 is 0 Å². The first kappa shape index (κ1) is 15.5. The van der Waals surface area contributed by atoms with E-state index >= 15 is 0 Å². The molecule has 0 bridgehead atoms. The van der Waals surface area contributed by atoms with Crippen molar-refractivity contribution in [1.29, 1.82) is 5.26 Å². The number of carbonyl (C=O) groups excluding carboxylic acids is 1. The van der Waals surface area contributed by atoms with Crippen molar-refractivity contribution in [2.24, 2.45) is 5.73 Å². The number of hydrogen-bond donors (Lipinski definition) is 1. The Kier molecular flexibility index (Phi) is 5.73. The number of amides is 1. The largest absolute Gasteiger partial charge is 0.328 e. The molecule has 0 aliphatic carbocycles. The Morgan fingerprint density at radius 2 is 2.00 bits per heavy atom. The number of carbonyl (C=O) groups is 1. The van der Waals surface area contributed by atoms with Gasteiger partial charge < -0.3 is 10.6 Å². The third-order valence-electron chi connectivity index (χ3n) is 3.82. The van der Waals surface area contributed by atoms with E-state index in [1.807, 2.05) is 30.3 Å². The van der Waals surface area contributed by atoms with Gasteiger partial charge in [0.25, 0.3) is 0 Å². The second-order valence-electron chi connectivity index (χ2n) is 5.51. The monoisotopic (exact) mass is 286 g/mol. The molecule has 1 aliphatic rings. The molecule has 1 heterocycles. The average molecular weight is 286 g/mol. The van der Waals surface area contributed by atoms with Gasteiger partial charge in [-0.05, 0) is 18.4 Å². The average Bonchev–Trinajstić information content (AvgIpc) is 2.50. The van der Waals surface area contributed by atoms with Crippen LogP contribution in [0, 0.1) is 11.3 Å². The van der Waals surface area contributed by atoms with Crippen LogP contribution in [0.3, 0.4) is 0 Å². The highest BCUT2D eigenvalue weighted by Gasteiger charge is 2.21. The van der Waals surface area contributed by atoms with E-state index < -0.39 is 0 Å². The lowest BCUT2D eigenvalue weighted by Gasteiger charge is -2.31. The van der Waals surface area contributed by atoms with Crippen molar-refractivity contribution in [1.82, 2.24) is 9.80 Å². The predicted octanol–water partition coefficient (Wildman–Crippen LogP) is 0.962. The highest BCUT2D eigenvalue weighted by molar-refractivity contribution is 5.78. The third kappa shape index (κ3) is 4.85. The summed E-state index contributed by atoms with van der Waals surface area (Å²) in [5, 5.41) is 8.93. The van der Waals surface area contributed by atoms with Crippen molar-refractivity contribution in [2.45, 2.75) is 25.4 Å². The van der Waals surface area contributed by atoms with Gasteiger partial charge in [0.05, 0.1) is 12.6 Å². The molecule has 2 rings (SSSR count). The SMILES string of the molecule is N#CCN(Cc1ccccc1)C(=O)CN1CCC(N)CC1. The van der Waals surface area contributed by atoms with Crippen LogP contribution in [0.2, 0.25) is 0 Å². The number of nitriles is 1. The summed E-state index contributed by atoms with van der Waals surface area (Å²) in [6.07, 6.45) is 1.87. The van der Waals surface area contributed by atoms with Crippen LogP contribution in [0.25, 0.3) is 0 Å². The Morgan fingerprint density at radius 3 is 2.62 bits per heavy atom. The predicted molar refractivity (Wildman–Crippen MR) is 81.1 cm³/mol. The minimum atomic E-state index is 0.0101. The molecule has 1 amide bonds. The van der Waals surface area contributed by atoms with Crippen molar-refractivity contribution in [3.05, 3.63) is 35.9 Å². The molecule has 0 saturated carbocycles. The molecule has 5 heteroatoms. The molecule has 0 unspecified atom stereocenters. The molecule has 0 aromatic heterocycles. The van der Waals surface area contributed by atoms with Gasteiger partial charge in [-0.15, -0.1) is 0 Å². The van der Waals surface area contributed by atoms with E-state index in [0.717, 1.165) is 31.5 Å². The molecule has 1 fully saturated rings. The first-order valence-electron chi connectivity index (χ1n) is 7.35. The number of piperidine rings is 1. The second-order valence-corrected chi connectivity index (χ2v) is 5.51. The number of likely N-dealkylation sites (tertiary alicyclic amines) is 1. The first-order valence-corrected chi connectivity index (χ1v) is 7.35. The van der Waals surface area contributed by atoms with Gasteiger partial charge in [0, 0.05) is 25.7 Å². The lowest BCUT2D eigenvalue weighted by molar-refractivity contribution is -0.132. The fraction of sp³-hybridized carbons (Fsp3) is 0.500. The molecule has 0 radical (unpaired) electrons. The van der Waals surface area contributed by atoms with Gasteiger partial charge >= 0.3 is 0 Å². The first-order chi connectivity index (χ1) is 10.2. The normalized spacial score (nSPS) is 16.4. The molecule has 0 atom stereocenters. The molecule has 0 spiro atoms. The number of hydrogen-bond acceptors (Lipinski definition) is 4. The van der Waals surface area contributed by atoms with Crippen molar-refractivity contribution >= 4 is 5.91 Å². The summed E-state index contributed by atoms with van der Waals surface area (Å²) in [5.74, 6) is 0.0101. The zero-order valence-corrected chi connectivity index (χ0v) is 12.2. The minimum Gasteiger partial charge on any atom is -0.328 e. The Hall–Kier alpha value is -1.90. The van der Waals surface area contributed by atoms with E-state index in [9.17, 15) is 4.79 Å².